The molecule has 0 saturated carbocycles. The van der Waals surface area contributed by atoms with Gasteiger partial charge in [0.05, 0.1) is 24.8 Å². The molecule has 8 heteroatoms. The molecule has 3 heterocycles. The van der Waals surface area contributed by atoms with Crippen molar-refractivity contribution >= 4 is 17.5 Å². The first kappa shape index (κ1) is 19.4. The van der Waals surface area contributed by atoms with E-state index in [1.54, 1.807) is 12.3 Å². The van der Waals surface area contributed by atoms with Gasteiger partial charge in [-0.15, -0.1) is 0 Å². The summed E-state index contributed by atoms with van der Waals surface area (Å²) in [6, 6.07) is 8.74. The number of benzene rings is 1. The predicted molar refractivity (Wildman–Crippen MR) is 110 cm³/mol. The lowest BCUT2D eigenvalue weighted by Gasteiger charge is -2.39. The second-order valence-corrected chi connectivity index (χ2v) is 7.48. The zero-order chi connectivity index (χ0) is 20.2. The van der Waals surface area contributed by atoms with E-state index >= 15 is 0 Å². The van der Waals surface area contributed by atoms with Gasteiger partial charge in [-0.1, -0.05) is 0 Å². The highest BCUT2D eigenvalue weighted by atomic mass is 19.1. The van der Waals surface area contributed by atoms with Crippen molar-refractivity contribution in [3.05, 3.63) is 41.8 Å². The molecule has 2 saturated heterocycles. The van der Waals surface area contributed by atoms with Gasteiger partial charge < -0.3 is 19.4 Å². The highest BCUT2D eigenvalue weighted by Crippen LogP contribution is 2.26. The average Bonchev–Trinajstić information content (AvgIpc) is 2.79. The molecule has 2 fully saturated rings. The molecule has 1 atom stereocenters. The van der Waals surface area contributed by atoms with Gasteiger partial charge in [-0.05, 0) is 37.1 Å². The number of nitriles is 1. The first-order valence-corrected chi connectivity index (χ1v) is 9.98. The Morgan fingerprint density at radius 2 is 2.03 bits per heavy atom. The van der Waals surface area contributed by atoms with Crippen molar-refractivity contribution in [3.63, 3.8) is 0 Å². The number of ether oxygens (including phenoxy) is 1. The Morgan fingerprint density at radius 3 is 2.83 bits per heavy atom. The van der Waals surface area contributed by atoms with Crippen LogP contribution in [-0.2, 0) is 4.74 Å². The molecule has 1 aromatic carbocycles. The summed E-state index contributed by atoms with van der Waals surface area (Å²) in [4.78, 5) is 15.7. The summed E-state index contributed by atoms with van der Waals surface area (Å²) in [5.74, 6) is 1.24. The van der Waals surface area contributed by atoms with Gasteiger partial charge in [0.25, 0.3) is 0 Å². The molecule has 2 aromatic rings. The predicted octanol–water partition coefficient (Wildman–Crippen LogP) is 2.43. The molecule has 7 nitrogen and oxygen atoms in total. The summed E-state index contributed by atoms with van der Waals surface area (Å²) < 4.78 is 19.3. The van der Waals surface area contributed by atoms with Gasteiger partial charge in [-0.2, -0.15) is 10.2 Å². The Morgan fingerprint density at radius 1 is 1.21 bits per heavy atom. The number of hydrogen-bond acceptors (Lipinski definition) is 7. The Bertz CT molecular complexity index is 895. The zero-order valence-corrected chi connectivity index (χ0v) is 16.6. The molecule has 29 heavy (non-hydrogen) atoms. The van der Waals surface area contributed by atoms with E-state index in [0.29, 0.717) is 18.8 Å². The zero-order valence-electron chi connectivity index (χ0n) is 16.6. The third kappa shape index (κ3) is 4.40. The molecular formula is C21H25FN6O. The lowest BCUT2D eigenvalue weighted by Crippen LogP contribution is -2.47. The number of anilines is 3. The number of aromatic nitrogens is 2. The van der Waals surface area contributed by atoms with Crippen LogP contribution in [0.4, 0.5) is 21.8 Å². The Hall–Kier alpha value is -2.92. The maximum absolute atomic E-state index is 13.9. The number of nitrogens with zero attached hydrogens (tertiary/aromatic N) is 6. The minimum atomic E-state index is -0.375. The van der Waals surface area contributed by atoms with Crippen LogP contribution in [0.2, 0.25) is 0 Å². The van der Waals surface area contributed by atoms with Crippen molar-refractivity contribution in [1.29, 1.82) is 5.26 Å². The van der Waals surface area contributed by atoms with Gasteiger partial charge in [-0.25, -0.2) is 9.37 Å². The molecule has 0 N–H and O–H groups in total. The van der Waals surface area contributed by atoms with Gasteiger partial charge in [-0.3, -0.25) is 0 Å². The number of likely N-dealkylation sites (N-methyl/N-ethyl adjacent to an activating group) is 1. The van der Waals surface area contributed by atoms with Crippen LogP contribution in [0.3, 0.4) is 0 Å². The molecule has 0 bridgehead atoms. The van der Waals surface area contributed by atoms with Gasteiger partial charge in [0.15, 0.2) is 0 Å². The topological polar surface area (TPSA) is 68.5 Å². The molecule has 0 aliphatic carbocycles. The van der Waals surface area contributed by atoms with E-state index in [9.17, 15) is 4.39 Å². The molecular weight excluding hydrogens is 371 g/mol. The van der Waals surface area contributed by atoms with E-state index in [1.807, 2.05) is 19.2 Å². The Labute approximate surface area is 170 Å². The minimum Gasteiger partial charge on any atom is -0.378 e. The number of halogens is 1. The Kier molecular flexibility index (Phi) is 5.76. The number of morpholine rings is 1. The van der Waals surface area contributed by atoms with E-state index in [2.05, 4.69) is 19.7 Å². The van der Waals surface area contributed by atoms with Crippen LogP contribution < -0.4 is 14.7 Å². The SMILES string of the molecule is CN(c1ccnc(N2CCOCC2)n1)C1CCCN(c2cc(F)cc(C#N)c2)C1. The van der Waals surface area contributed by atoms with Crippen LogP contribution in [0, 0.1) is 17.1 Å². The lowest BCUT2D eigenvalue weighted by atomic mass is 10.0. The molecule has 1 aromatic heterocycles. The van der Waals surface area contributed by atoms with E-state index < -0.39 is 0 Å². The highest BCUT2D eigenvalue weighted by Gasteiger charge is 2.25. The number of rotatable bonds is 4. The second kappa shape index (κ2) is 8.62. The minimum absolute atomic E-state index is 0.241. The summed E-state index contributed by atoms with van der Waals surface area (Å²) >= 11 is 0. The molecule has 2 aliphatic rings. The van der Waals surface area contributed by atoms with Crippen molar-refractivity contribution < 1.29 is 9.13 Å². The van der Waals surface area contributed by atoms with Gasteiger partial charge in [0, 0.05) is 51.2 Å². The summed E-state index contributed by atoms with van der Waals surface area (Å²) in [7, 11) is 2.05. The van der Waals surface area contributed by atoms with E-state index in [4.69, 9.17) is 15.0 Å². The molecule has 0 radical (unpaired) electrons. The first-order chi connectivity index (χ1) is 14.1. The maximum atomic E-state index is 13.9. The van der Waals surface area contributed by atoms with Crippen LogP contribution in [0.1, 0.15) is 18.4 Å². The molecule has 0 amide bonds. The Balaban J connectivity index is 1.50. The first-order valence-electron chi connectivity index (χ1n) is 9.98. The third-order valence-corrected chi connectivity index (χ3v) is 5.60. The standard InChI is InChI=1S/C21H25FN6O/c1-26(20-4-5-24-21(25-20)27-7-9-29-10-8-27)18-3-2-6-28(15-18)19-12-16(14-23)11-17(22)13-19/h4-5,11-13,18H,2-3,6-10,15H2,1H3. The summed E-state index contributed by atoms with van der Waals surface area (Å²) in [6.45, 7) is 4.58. The second-order valence-electron chi connectivity index (χ2n) is 7.48. The molecule has 0 spiro atoms. The molecule has 2 aliphatic heterocycles. The van der Waals surface area contributed by atoms with Crippen LogP contribution in [-0.4, -0.2) is 62.5 Å². The van der Waals surface area contributed by atoms with Crippen LogP contribution in [0.15, 0.2) is 30.5 Å². The monoisotopic (exact) mass is 396 g/mol. The van der Waals surface area contributed by atoms with Crippen LogP contribution in [0.25, 0.3) is 0 Å². The van der Waals surface area contributed by atoms with Crippen molar-refractivity contribution in [2.75, 3.05) is 61.1 Å². The smallest absolute Gasteiger partial charge is 0.227 e. The van der Waals surface area contributed by atoms with Crippen molar-refractivity contribution in [1.82, 2.24) is 9.97 Å². The van der Waals surface area contributed by atoms with Crippen LogP contribution in [0.5, 0.6) is 0 Å². The van der Waals surface area contributed by atoms with E-state index in [1.165, 1.54) is 12.1 Å². The fourth-order valence-electron chi connectivity index (χ4n) is 3.97. The van der Waals surface area contributed by atoms with Gasteiger partial charge in [0.1, 0.15) is 11.6 Å². The third-order valence-electron chi connectivity index (χ3n) is 5.60. The highest BCUT2D eigenvalue weighted by molar-refractivity contribution is 5.53. The average molecular weight is 396 g/mol. The van der Waals surface area contributed by atoms with Gasteiger partial charge >= 0.3 is 0 Å². The normalized spacial score (nSPS) is 19.7. The van der Waals surface area contributed by atoms with Gasteiger partial charge in [0.2, 0.25) is 5.95 Å². The quantitative estimate of drug-likeness (QED) is 0.786. The fraction of sp³-hybridized carbons (Fsp3) is 0.476. The molecule has 1 unspecified atom stereocenters. The number of piperidine rings is 1. The summed E-state index contributed by atoms with van der Waals surface area (Å²) in [6.07, 6.45) is 3.83. The van der Waals surface area contributed by atoms with E-state index in [-0.39, 0.29) is 11.9 Å². The summed E-state index contributed by atoms with van der Waals surface area (Å²) in [5, 5.41) is 9.14. The molecule has 152 valence electrons. The summed E-state index contributed by atoms with van der Waals surface area (Å²) in [5.41, 5.74) is 1.11. The lowest BCUT2D eigenvalue weighted by molar-refractivity contribution is 0.122. The maximum Gasteiger partial charge on any atom is 0.227 e. The molecule has 4 rings (SSSR count). The van der Waals surface area contributed by atoms with Crippen molar-refractivity contribution in [2.45, 2.75) is 18.9 Å². The number of hydrogen-bond donors (Lipinski definition) is 0. The van der Waals surface area contributed by atoms with E-state index in [0.717, 1.165) is 56.5 Å². The van der Waals surface area contributed by atoms with Crippen molar-refractivity contribution in [2.24, 2.45) is 0 Å². The van der Waals surface area contributed by atoms with Crippen LogP contribution >= 0.6 is 0 Å². The largest absolute Gasteiger partial charge is 0.378 e. The van der Waals surface area contributed by atoms with Crippen molar-refractivity contribution in [3.8, 4) is 6.07 Å². The fourth-order valence-corrected chi connectivity index (χ4v) is 3.97.